The SMILES string of the molecule is CC(C)(C)OC(=O)N1CCCCC1C(N)CCC(=O)O. The van der Waals surface area contributed by atoms with E-state index in [1.54, 1.807) is 4.90 Å². The summed E-state index contributed by atoms with van der Waals surface area (Å²) in [5.41, 5.74) is 5.54. The van der Waals surface area contributed by atoms with Crippen molar-refractivity contribution < 1.29 is 19.4 Å². The molecule has 0 aromatic rings. The van der Waals surface area contributed by atoms with E-state index in [1.165, 1.54) is 0 Å². The topological polar surface area (TPSA) is 92.9 Å². The standard InChI is InChI=1S/C14H26N2O4/c1-14(2,3)20-13(19)16-9-5-4-6-11(16)10(15)7-8-12(17)18/h10-11H,4-9,15H2,1-3H3,(H,17,18). The third kappa shape index (κ3) is 5.36. The second kappa shape index (κ2) is 6.92. The van der Waals surface area contributed by atoms with Crippen molar-refractivity contribution in [2.75, 3.05) is 6.54 Å². The van der Waals surface area contributed by atoms with Gasteiger partial charge in [-0.3, -0.25) is 4.79 Å². The highest BCUT2D eigenvalue weighted by molar-refractivity contribution is 5.69. The molecule has 0 aliphatic carbocycles. The second-order valence-electron chi connectivity index (χ2n) is 6.33. The minimum absolute atomic E-state index is 0.0276. The van der Waals surface area contributed by atoms with Gasteiger partial charge in [0.15, 0.2) is 0 Å². The van der Waals surface area contributed by atoms with Crippen LogP contribution in [0.25, 0.3) is 0 Å². The van der Waals surface area contributed by atoms with E-state index in [-0.39, 0.29) is 24.6 Å². The molecule has 1 amide bonds. The number of hydrogen-bond acceptors (Lipinski definition) is 4. The lowest BCUT2D eigenvalue weighted by atomic mass is 9.93. The molecule has 1 saturated heterocycles. The summed E-state index contributed by atoms with van der Waals surface area (Å²) in [5.74, 6) is -0.861. The van der Waals surface area contributed by atoms with Crippen LogP contribution in [0, 0.1) is 0 Å². The van der Waals surface area contributed by atoms with Gasteiger partial charge in [0.25, 0.3) is 0 Å². The molecule has 1 aliphatic heterocycles. The quantitative estimate of drug-likeness (QED) is 0.824. The Balaban J connectivity index is 2.66. The van der Waals surface area contributed by atoms with Gasteiger partial charge in [-0.1, -0.05) is 0 Å². The predicted octanol–water partition coefficient (Wildman–Crippen LogP) is 1.97. The summed E-state index contributed by atoms with van der Waals surface area (Å²) in [4.78, 5) is 24.5. The van der Waals surface area contributed by atoms with Crippen molar-refractivity contribution in [1.82, 2.24) is 4.90 Å². The summed E-state index contributed by atoms with van der Waals surface area (Å²) >= 11 is 0. The van der Waals surface area contributed by atoms with E-state index in [1.807, 2.05) is 20.8 Å². The molecule has 0 spiro atoms. The van der Waals surface area contributed by atoms with E-state index >= 15 is 0 Å². The highest BCUT2D eigenvalue weighted by Gasteiger charge is 2.33. The lowest BCUT2D eigenvalue weighted by molar-refractivity contribution is -0.137. The van der Waals surface area contributed by atoms with Gasteiger partial charge in [0.2, 0.25) is 0 Å². The molecule has 1 aliphatic rings. The van der Waals surface area contributed by atoms with E-state index < -0.39 is 11.6 Å². The number of piperidine rings is 1. The van der Waals surface area contributed by atoms with Crippen LogP contribution in [0.5, 0.6) is 0 Å². The first-order valence-electron chi connectivity index (χ1n) is 7.17. The zero-order chi connectivity index (χ0) is 15.3. The van der Waals surface area contributed by atoms with Crippen LogP contribution >= 0.6 is 0 Å². The summed E-state index contributed by atoms with van der Waals surface area (Å²) in [6.45, 7) is 6.11. The summed E-state index contributed by atoms with van der Waals surface area (Å²) in [6, 6.07) is -0.447. The predicted molar refractivity (Wildman–Crippen MR) is 75.4 cm³/mol. The molecule has 0 aromatic heterocycles. The summed E-state index contributed by atoms with van der Waals surface area (Å²) < 4.78 is 5.40. The van der Waals surface area contributed by atoms with Gasteiger partial charge in [0, 0.05) is 19.0 Å². The van der Waals surface area contributed by atoms with Crippen molar-refractivity contribution >= 4 is 12.1 Å². The number of carboxylic acid groups (broad SMARTS) is 1. The molecule has 6 nitrogen and oxygen atoms in total. The molecular formula is C14H26N2O4. The largest absolute Gasteiger partial charge is 0.481 e. The molecule has 0 saturated carbocycles. The number of carboxylic acids is 1. The molecule has 116 valence electrons. The number of amides is 1. The minimum Gasteiger partial charge on any atom is -0.481 e. The Bertz CT molecular complexity index is 352. The third-order valence-corrected chi connectivity index (χ3v) is 3.36. The number of nitrogens with zero attached hydrogens (tertiary/aromatic N) is 1. The average Bonchev–Trinajstić information content (AvgIpc) is 2.33. The first kappa shape index (κ1) is 16.8. The minimum atomic E-state index is -0.861. The molecule has 3 N–H and O–H groups in total. The number of rotatable bonds is 4. The van der Waals surface area contributed by atoms with Crippen molar-refractivity contribution in [2.45, 2.75) is 70.6 Å². The molecule has 0 radical (unpaired) electrons. The molecule has 6 heteroatoms. The maximum Gasteiger partial charge on any atom is 0.410 e. The van der Waals surface area contributed by atoms with E-state index in [2.05, 4.69) is 0 Å². The third-order valence-electron chi connectivity index (χ3n) is 3.36. The van der Waals surface area contributed by atoms with E-state index in [9.17, 15) is 9.59 Å². The Morgan fingerprint density at radius 1 is 1.40 bits per heavy atom. The molecule has 2 atom stereocenters. The van der Waals surface area contributed by atoms with Crippen LogP contribution in [0.3, 0.4) is 0 Å². The Morgan fingerprint density at radius 2 is 2.05 bits per heavy atom. The van der Waals surface area contributed by atoms with Gasteiger partial charge in [0.1, 0.15) is 5.60 Å². The smallest absolute Gasteiger partial charge is 0.410 e. The second-order valence-corrected chi connectivity index (χ2v) is 6.33. The molecule has 20 heavy (non-hydrogen) atoms. The van der Waals surface area contributed by atoms with Crippen molar-refractivity contribution in [3.63, 3.8) is 0 Å². The van der Waals surface area contributed by atoms with Crippen LogP contribution in [0.2, 0.25) is 0 Å². The summed E-state index contributed by atoms with van der Waals surface area (Å²) in [5, 5.41) is 8.73. The van der Waals surface area contributed by atoms with Gasteiger partial charge >= 0.3 is 12.1 Å². The number of likely N-dealkylation sites (tertiary alicyclic amines) is 1. The van der Waals surface area contributed by atoms with Crippen LogP contribution in [0.15, 0.2) is 0 Å². The van der Waals surface area contributed by atoms with Gasteiger partial charge in [0.05, 0.1) is 6.04 Å². The van der Waals surface area contributed by atoms with Crippen molar-refractivity contribution in [3.05, 3.63) is 0 Å². The number of carbonyl (C=O) groups excluding carboxylic acids is 1. The molecule has 1 rings (SSSR count). The Kier molecular flexibility index (Phi) is 5.80. The van der Waals surface area contributed by atoms with Gasteiger partial charge in [-0.25, -0.2) is 4.79 Å². The summed E-state index contributed by atoms with van der Waals surface area (Å²) in [6.07, 6.45) is 2.79. The fraction of sp³-hybridized carbons (Fsp3) is 0.857. The van der Waals surface area contributed by atoms with Gasteiger partial charge in [-0.2, -0.15) is 0 Å². The van der Waals surface area contributed by atoms with Crippen molar-refractivity contribution in [3.8, 4) is 0 Å². The number of ether oxygens (including phenoxy) is 1. The molecule has 1 heterocycles. The maximum absolute atomic E-state index is 12.2. The van der Waals surface area contributed by atoms with Crippen LogP contribution in [-0.4, -0.2) is 46.3 Å². The molecule has 0 bridgehead atoms. The highest BCUT2D eigenvalue weighted by atomic mass is 16.6. The van der Waals surface area contributed by atoms with Crippen molar-refractivity contribution in [1.29, 1.82) is 0 Å². The van der Waals surface area contributed by atoms with Crippen LogP contribution in [0.1, 0.15) is 52.9 Å². The fourth-order valence-corrected chi connectivity index (χ4v) is 2.43. The monoisotopic (exact) mass is 286 g/mol. The van der Waals surface area contributed by atoms with Gasteiger partial charge in [-0.15, -0.1) is 0 Å². The zero-order valence-electron chi connectivity index (χ0n) is 12.6. The van der Waals surface area contributed by atoms with Crippen LogP contribution in [-0.2, 0) is 9.53 Å². The van der Waals surface area contributed by atoms with Crippen molar-refractivity contribution in [2.24, 2.45) is 5.73 Å². The molecular weight excluding hydrogens is 260 g/mol. The highest BCUT2D eigenvalue weighted by Crippen LogP contribution is 2.23. The number of hydrogen-bond donors (Lipinski definition) is 2. The molecule has 1 fully saturated rings. The van der Waals surface area contributed by atoms with Gasteiger partial charge in [-0.05, 0) is 46.5 Å². The first-order chi connectivity index (χ1) is 9.20. The Hall–Kier alpha value is -1.30. The average molecular weight is 286 g/mol. The number of carbonyl (C=O) groups is 2. The molecule has 2 unspecified atom stereocenters. The normalized spacial score (nSPS) is 21.4. The first-order valence-corrected chi connectivity index (χ1v) is 7.17. The molecule has 0 aromatic carbocycles. The fourth-order valence-electron chi connectivity index (χ4n) is 2.43. The van der Waals surface area contributed by atoms with E-state index in [4.69, 9.17) is 15.6 Å². The van der Waals surface area contributed by atoms with E-state index in [0.717, 1.165) is 19.3 Å². The summed E-state index contributed by atoms with van der Waals surface area (Å²) in [7, 11) is 0. The Morgan fingerprint density at radius 3 is 2.60 bits per heavy atom. The van der Waals surface area contributed by atoms with Crippen LogP contribution < -0.4 is 5.73 Å². The lowest BCUT2D eigenvalue weighted by Gasteiger charge is -2.39. The Labute approximate surface area is 120 Å². The van der Waals surface area contributed by atoms with E-state index in [0.29, 0.717) is 13.0 Å². The lowest BCUT2D eigenvalue weighted by Crippen LogP contribution is -2.54. The number of aliphatic carboxylic acids is 1. The zero-order valence-corrected chi connectivity index (χ0v) is 12.6. The van der Waals surface area contributed by atoms with Gasteiger partial charge < -0.3 is 20.5 Å². The number of nitrogens with two attached hydrogens (primary N) is 1. The maximum atomic E-state index is 12.2. The van der Waals surface area contributed by atoms with Crippen LogP contribution in [0.4, 0.5) is 4.79 Å².